The Hall–Kier alpha value is -2.08. The molecule has 0 saturated heterocycles. The van der Waals surface area contributed by atoms with E-state index in [2.05, 4.69) is 0 Å². The van der Waals surface area contributed by atoms with Crippen LogP contribution in [0.1, 0.15) is 10.6 Å². The van der Waals surface area contributed by atoms with Gasteiger partial charge in [0.05, 0.1) is 18.3 Å². The topological polar surface area (TPSA) is 73.6 Å². The highest BCUT2D eigenvalue weighted by Crippen LogP contribution is 2.17. The van der Waals surface area contributed by atoms with Gasteiger partial charge in [0.1, 0.15) is 11.5 Å². The van der Waals surface area contributed by atoms with Crippen LogP contribution in [0.4, 0.5) is 0 Å². The van der Waals surface area contributed by atoms with Crippen LogP contribution in [-0.4, -0.2) is 27.1 Å². The molecule has 5 nitrogen and oxygen atoms in total. The number of carbonyl (C=O) groups is 1. The zero-order chi connectivity index (χ0) is 13.9. The maximum atomic E-state index is 12.0. The molecule has 6 heteroatoms. The van der Waals surface area contributed by atoms with Crippen molar-refractivity contribution in [2.75, 3.05) is 12.9 Å². The molecular formula is C13H12O5S. The van der Waals surface area contributed by atoms with Gasteiger partial charge in [0.25, 0.3) is 0 Å². The molecule has 1 heterocycles. The second kappa shape index (κ2) is 5.27. The first kappa shape index (κ1) is 13.4. The lowest BCUT2D eigenvalue weighted by Crippen LogP contribution is -2.15. The molecule has 1 aromatic carbocycles. The second-order valence-corrected chi connectivity index (χ2v) is 5.82. The van der Waals surface area contributed by atoms with E-state index in [-0.39, 0.29) is 10.7 Å². The van der Waals surface area contributed by atoms with Crippen LogP contribution in [0.5, 0.6) is 5.75 Å². The van der Waals surface area contributed by atoms with Gasteiger partial charge < -0.3 is 9.15 Å². The standard InChI is InChI=1S/C13H12O5S/c1-17-10-4-6-11(7-5-10)19(15,16)9-12(14)13-3-2-8-18-13/h2-8H,9H2,1H3. The van der Waals surface area contributed by atoms with Gasteiger partial charge in [0, 0.05) is 0 Å². The van der Waals surface area contributed by atoms with Crippen LogP contribution in [0, 0.1) is 0 Å². The average Bonchev–Trinajstić information content (AvgIpc) is 2.92. The third kappa shape index (κ3) is 3.03. The maximum Gasteiger partial charge on any atom is 0.213 e. The first-order valence-electron chi connectivity index (χ1n) is 5.46. The highest BCUT2D eigenvalue weighted by Gasteiger charge is 2.21. The lowest BCUT2D eigenvalue weighted by atomic mass is 10.3. The van der Waals surface area contributed by atoms with Crippen LogP contribution in [0.3, 0.4) is 0 Å². The Balaban J connectivity index is 2.20. The number of hydrogen-bond donors (Lipinski definition) is 0. The number of Topliss-reactive ketones (excluding diaryl/α,β-unsaturated/α-hetero) is 1. The summed E-state index contributed by atoms with van der Waals surface area (Å²) in [4.78, 5) is 11.8. The van der Waals surface area contributed by atoms with E-state index in [4.69, 9.17) is 9.15 Å². The molecule has 0 aliphatic heterocycles. The fourth-order valence-electron chi connectivity index (χ4n) is 1.55. The van der Waals surface area contributed by atoms with Crippen molar-refractivity contribution >= 4 is 15.6 Å². The van der Waals surface area contributed by atoms with Gasteiger partial charge in [-0.3, -0.25) is 4.79 Å². The molecule has 1 aromatic heterocycles. The van der Waals surface area contributed by atoms with E-state index >= 15 is 0 Å². The molecule has 0 radical (unpaired) electrons. The summed E-state index contributed by atoms with van der Waals surface area (Å²) in [6, 6.07) is 8.85. The van der Waals surface area contributed by atoms with E-state index in [0.717, 1.165) is 0 Å². The molecule has 2 rings (SSSR count). The summed E-state index contributed by atoms with van der Waals surface area (Å²) in [5.41, 5.74) is 0. The first-order valence-corrected chi connectivity index (χ1v) is 7.11. The van der Waals surface area contributed by atoms with Crippen molar-refractivity contribution in [3.05, 3.63) is 48.4 Å². The number of ketones is 1. The van der Waals surface area contributed by atoms with Crippen molar-refractivity contribution in [2.24, 2.45) is 0 Å². The minimum absolute atomic E-state index is 0.0390. The van der Waals surface area contributed by atoms with E-state index in [1.54, 1.807) is 0 Å². The molecule has 0 unspecified atom stereocenters. The molecule has 0 aliphatic carbocycles. The fraction of sp³-hybridized carbons (Fsp3) is 0.154. The van der Waals surface area contributed by atoms with E-state index in [0.29, 0.717) is 5.75 Å². The smallest absolute Gasteiger partial charge is 0.213 e. The Morgan fingerprint density at radius 1 is 1.21 bits per heavy atom. The quantitative estimate of drug-likeness (QED) is 0.782. The largest absolute Gasteiger partial charge is 0.497 e. The van der Waals surface area contributed by atoms with Crippen LogP contribution in [-0.2, 0) is 9.84 Å². The van der Waals surface area contributed by atoms with Crippen molar-refractivity contribution in [3.8, 4) is 5.75 Å². The van der Waals surface area contributed by atoms with E-state index in [1.807, 2.05) is 0 Å². The Bertz CT molecular complexity index is 654. The number of benzene rings is 1. The number of hydrogen-bond acceptors (Lipinski definition) is 5. The molecular weight excluding hydrogens is 268 g/mol. The summed E-state index contributed by atoms with van der Waals surface area (Å²) in [6.07, 6.45) is 1.33. The molecule has 2 aromatic rings. The van der Waals surface area contributed by atoms with Gasteiger partial charge in [-0.1, -0.05) is 0 Å². The number of rotatable bonds is 5. The Labute approximate surface area is 110 Å². The molecule has 0 fully saturated rings. The zero-order valence-corrected chi connectivity index (χ0v) is 11.0. The fourth-order valence-corrected chi connectivity index (χ4v) is 2.75. The summed E-state index contributed by atoms with van der Waals surface area (Å²) >= 11 is 0. The van der Waals surface area contributed by atoms with Crippen molar-refractivity contribution in [1.82, 2.24) is 0 Å². The lowest BCUT2D eigenvalue weighted by molar-refractivity contribution is 0.0990. The Kier molecular flexibility index (Phi) is 3.71. The van der Waals surface area contributed by atoms with Gasteiger partial charge in [0.2, 0.25) is 5.78 Å². The van der Waals surface area contributed by atoms with Crippen LogP contribution >= 0.6 is 0 Å². The highest BCUT2D eigenvalue weighted by atomic mass is 32.2. The molecule has 0 bridgehead atoms. The number of furan rings is 1. The van der Waals surface area contributed by atoms with Gasteiger partial charge in [-0.2, -0.15) is 0 Å². The van der Waals surface area contributed by atoms with Crippen LogP contribution in [0.2, 0.25) is 0 Å². The summed E-state index contributed by atoms with van der Waals surface area (Å²) in [5, 5.41) is 0. The third-order valence-electron chi connectivity index (χ3n) is 2.54. The summed E-state index contributed by atoms with van der Waals surface area (Å²) in [7, 11) is -2.19. The van der Waals surface area contributed by atoms with E-state index in [1.165, 1.54) is 49.8 Å². The number of methoxy groups -OCH3 is 1. The molecule has 0 N–H and O–H groups in total. The number of sulfone groups is 1. The molecule has 19 heavy (non-hydrogen) atoms. The van der Waals surface area contributed by atoms with Crippen molar-refractivity contribution in [2.45, 2.75) is 4.90 Å². The predicted molar refractivity (Wildman–Crippen MR) is 68.1 cm³/mol. The molecule has 0 spiro atoms. The monoisotopic (exact) mass is 280 g/mol. The van der Waals surface area contributed by atoms with Crippen LogP contribution in [0.15, 0.2) is 52.0 Å². The van der Waals surface area contributed by atoms with Crippen molar-refractivity contribution < 1.29 is 22.4 Å². The second-order valence-electron chi connectivity index (χ2n) is 3.84. The molecule has 0 atom stereocenters. The first-order chi connectivity index (χ1) is 9.03. The summed E-state index contributed by atoms with van der Waals surface area (Å²) in [5.74, 6) is -0.596. The Morgan fingerprint density at radius 3 is 2.42 bits per heavy atom. The predicted octanol–water partition coefficient (Wildman–Crippen LogP) is 1.94. The van der Waals surface area contributed by atoms with Crippen LogP contribution < -0.4 is 4.74 Å². The van der Waals surface area contributed by atoms with Gasteiger partial charge in [-0.25, -0.2) is 8.42 Å². The van der Waals surface area contributed by atoms with Gasteiger partial charge >= 0.3 is 0 Å². The van der Waals surface area contributed by atoms with Gasteiger partial charge in [0.15, 0.2) is 15.6 Å². The summed E-state index contributed by atoms with van der Waals surface area (Å²) in [6.45, 7) is 0. The highest BCUT2D eigenvalue weighted by molar-refractivity contribution is 7.92. The van der Waals surface area contributed by atoms with Crippen molar-refractivity contribution in [3.63, 3.8) is 0 Å². The van der Waals surface area contributed by atoms with E-state index < -0.39 is 21.4 Å². The average molecular weight is 280 g/mol. The third-order valence-corrected chi connectivity index (χ3v) is 4.17. The zero-order valence-electron chi connectivity index (χ0n) is 10.2. The maximum absolute atomic E-state index is 12.0. The van der Waals surface area contributed by atoms with Crippen molar-refractivity contribution in [1.29, 1.82) is 0 Å². The number of ether oxygens (including phenoxy) is 1. The molecule has 100 valence electrons. The minimum Gasteiger partial charge on any atom is -0.497 e. The van der Waals surface area contributed by atoms with E-state index in [9.17, 15) is 13.2 Å². The molecule has 0 amide bonds. The van der Waals surface area contributed by atoms with Gasteiger partial charge in [-0.15, -0.1) is 0 Å². The van der Waals surface area contributed by atoms with Gasteiger partial charge in [-0.05, 0) is 36.4 Å². The minimum atomic E-state index is -3.68. The number of carbonyl (C=O) groups excluding carboxylic acids is 1. The summed E-state index contributed by atoms with van der Waals surface area (Å²) < 4.78 is 33.9. The Morgan fingerprint density at radius 2 is 1.89 bits per heavy atom. The molecule has 0 saturated carbocycles. The SMILES string of the molecule is COc1ccc(S(=O)(=O)CC(=O)c2ccco2)cc1. The normalized spacial score (nSPS) is 11.2. The van der Waals surface area contributed by atoms with Crippen LogP contribution in [0.25, 0.3) is 0 Å². The lowest BCUT2D eigenvalue weighted by Gasteiger charge is -2.04. The molecule has 0 aliphatic rings.